The predicted octanol–water partition coefficient (Wildman–Crippen LogP) is 18.2. The van der Waals surface area contributed by atoms with Gasteiger partial charge >= 0.3 is 0 Å². The third-order valence-electron chi connectivity index (χ3n) is 15.8. The predicted molar refractivity (Wildman–Crippen MR) is 320 cm³/mol. The summed E-state index contributed by atoms with van der Waals surface area (Å²) < 4.78 is 9.90. The molecule has 0 saturated heterocycles. The van der Waals surface area contributed by atoms with Crippen LogP contribution < -0.4 is 0 Å². The molecule has 16 rings (SSSR count). The van der Waals surface area contributed by atoms with Crippen molar-refractivity contribution in [1.82, 2.24) is 28.2 Å². The topological polar surface area (TPSA) is 45.5 Å². The Morgan fingerprint density at radius 1 is 0.273 bits per heavy atom. The molecule has 0 N–H and O–H groups in total. The van der Waals surface area contributed by atoms with E-state index in [4.69, 9.17) is 9.97 Å². The van der Waals surface area contributed by atoms with Gasteiger partial charge in [0.1, 0.15) is 0 Å². The van der Waals surface area contributed by atoms with Crippen LogP contribution in [-0.2, 0) is 0 Å². The molecule has 0 aliphatic rings. The zero-order valence-electron chi connectivity index (χ0n) is 42.0. The van der Waals surface area contributed by atoms with Gasteiger partial charge in [0, 0.05) is 82.5 Å². The summed E-state index contributed by atoms with van der Waals surface area (Å²) in [5.41, 5.74) is 19.7. The first kappa shape index (κ1) is 43.1. The summed E-state index contributed by atoms with van der Waals surface area (Å²) in [5, 5.41) is 9.63. The molecule has 11 aromatic carbocycles. The maximum Gasteiger partial charge on any atom is 0.160 e. The molecule has 6 heteroatoms. The summed E-state index contributed by atoms with van der Waals surface area (Å²) in [6.45, 7) is 2.29. The second kappa shape index (κ2) is 16.9. The number of aryl methyl sites for hydroxylation is 1. The molecule has 0 unspecified atom stereocenters. The first-order chi connectivity index (χ1) is 38.2. The summed E-state index contributed by atoms with van der Waals surface area (Å²) in [6, 6.07) is 94.1. The Morgan fingerprint density at radius 2 is 0.779 bits per heavy atom. The highest BCUT2D eigenvalue weighted by Gasteiger charge is 2.27. The molecular weight excluding hydrogens is 937 g/mol. The van der Waals surface area contributed by atoms with Crippen LogP contribution in [0.3, 0.4) is 0 Å². The first-order valence-electron chi connectivity index (χ1n) is 26.3. The lowest BCUT2D eigenvalue weighted by Gasteiger charge is -2.12. The van der Waals surface area contributed by atoms with Gasteiger partial charge in [-0.3, -0.25) is 0 Å². The summed E-state index contributed by atoms with van der Waals surface area (Å²) in [4.78, 5) is 10.7. The van der Waals surface area contributed by atoms with Crippen LogP contribution in [0.25, 0.3) is 144 Å². The maximum absolute atomic E-state index is 5.47. The fourth-order valence-corrected chi connectivity index (χ4v) is 12.7. The van der Waals surface area contributed by atoms with Crippen LogP contribution in [0.1, 0.15) is 5.56 Å². The van der Waals surface area contributed by atoms with E-state index in [-0.39, 0.29) is 0 Å². The highest BCUT2D eigenvalue weighted by molar-refractivity contribution is 6.30. The fourth-order valence-electron chi connectivity index (χ4n) is 12.7. The second-order valence-corrected chi connectivity index (χ2v) is 20.1. The van der Waals surface area contributed by atoms with Gasteiger partial charge in [-0.05, 0) is 103 Å². The molecule has 0 spiro atoms. The summed E-state index contributed by atoms with van der Waals surface area (Å²) in [6.07, 6.45) is 0. The molecule has 0 saturated carbocycles. The Morgan fingerprint density at radius 3 is 1.47 bits per heavy atom. The van der Waals surface area contributed by atoms with E-state index < -0.39 is 0 Å². The minimum atomic E-state index is 0.685. The van der Waals surface area contributed by atoms with Gasteiger partial charge in [0.15, 0.2) is 5.82 Å². The van der Waals surface area contributed by atoms with E-state index in [1.54, 1.807) is 0 Å². The van der Waals surface area contributed by atoms with Crippen molar-refractivity contribution in [3.8, 4) is 56.7 Å². The van der Waals surface area contributed by atoms with Gasteiger partial charge in [-0.25, -0.2) is 9.97 Å². The molecule has 0 amide bonds. The van der Waals surface area contributed by atoms with E-state index in [1.165, 1.54) is 48.9 Å². The third kappa shape index (κ3) is 6.42. The highest BCUT2D eigenvalue weighted by atomic mass is 15.0. The average molecular weight is 983 g/mol. The Kier molecular flexibility index (Phi) is 9.45. The quantitative estimate of drug-likeness (QED) is 0.160. The van der Waals surface area contributed by atoms with Gasteiger partial charge in [0.05, 0.1) is 55.5 Å². The van der Waals surface area contributed by atoms with Crippen LogP contribution in [0.2, 0.25) is 0 Å². The van der Waals surface area contributed by atoms with E-state index >= 15 is 0 Å². The highest BCUT2D eigenvalue weighted by Crippen LogP contribution is 2.48. The Hall–Kier alpha value is -10.3. The Labute approximate surface area is 443 Å². The summed E-state index contributed by atoms with van der Waals surface area (Å²) in [7, 11) is 0. The SMILES string of the molecule is Cc1cc2c(c3c(-c4cc(-c5ccccc5)nc(-c5ccccc5)n4)cccc3n2-c2ccccc2)c2c1c1cc(-n3c4ccccc4c4c3ccc3c5ccccc5n(-c5ccccc5)c34)ccc1n2-c1ccccc1. The van der Waals surface area contributed by atoms with Gasteiger partial charge in [-0.1, -0.05) is 170 Å². The van der Waals surface area contributed by atoms with Crippen molar-refractivity contribution in [2.75, 3.05) is 0 Å². The van der Waals surface area contributed by atoms with Crippen molar-refractivity contribution < 1.29 is 0 Å². The lowest BCUT2D eigenvalue weighted by molar-refractivity contribution is 1.16. The molecule has 0 aliphatic heterocycles. The molecule has 360 valence electrons. The average Bonchev–Trinajstić information content (AvgIpc) is 4.30. The monoisotopic (exact) mass is 982 g/mol. The maximum atomic E-state index is 5.47. The largest absolute Gasteiger partial charge is 0.309 e. The van der Waals surface area contributed by atoms with E-state index in [2.05, 4.69) is 280 Å². The molecule has 16 aromatic rings. The van der Waals surface area contributed by atoms with Crippen molar-refractivity contribution >= 4 is 87.2 Å². The number of para-hydroxylation sites is 5. The van der Waals surface area contributed by atoms with Gasteiger partial charge in [-0.2, -0.15) is 0 Å². The third-order valence-corrected chi connectivity index (χ3v) is 15.8. The summed E-state index contributed by atoms with van der Waals surface area (Å²) in [5.74, 6) is 0.685. The number of rotatable bonds is 7. The number of benzene rings is 11. The zero-order valence-corrected chi connectivity index (χ0v) is 42.0. The normalized spacial score (nSPS) is 12.0. The van der Waals surface area contributed by atoms with E-state index in [1.807, 2.05) is 6.07 Å². The molecule has 0 radical (unpaired) electrons. The number of hydrogen-bond donors (Lipinski definition) is 0. The van der Waals surface area contributed by atoms with Crippen molar-refractivity contribution in [3.63, 3.8) is 0 Å². The molecule has 6 nitrogen and oxygen atoms in total. The molecule has 5 aromatic heterocycles. The van der Waals surface area contributed by atoms with Crippen LogP contribution in [-0.4, -0.2) is 28.2 Å². The van der Waals surface area contributed by atoms with Crippen LogP contribution in [0.15, 0.2) is 261 Å². The van der Waals surface area contributed by atoms with E-state index in [0.717, 1.165) is 94.7 Å². The van der Waals surface area contributed by atoms with Gasteiger partial charge in [0.2, 0.25) is 0 Å². The molecule has 77 heavy (non-hydrogen) atoms. The molecular formula is C71H46N6. The molecule has 5 heterocycles. The van der Waals surface area contributed by atoms with Crippen LogP contribution in [0.5, 0.6) is 0 Å². The molecule has 0 bridgehead atoms. The minimum absolute atomic E-state index is 0.685. The van der Waals surface area contributed by atoms with E-state index in [0.29, 0.717) is 5.82 Å². The number of nitrogens with zero attached hydrogens (tertiary/aromatic N) is 6. The fraction of sp³-hybridized carbons (Fsp3) is 0.0141. The minimum Gasteiger partial charge on any atom is -0.309 e. The molecule has 0 atom stereocenters. The van der Waals surface area contributed by atoms with Crippen molar-refractivity contribution in [1.29, 1.82) is 0 Å². The van der Waals surface area contributed by atoms with Gasteiger partial charge < -0.3 is 18.3 Å². The van der Waals surface area contributed by atoms with Crippen LogP contribution in [0.4, 0.5) is 0 Å². The summed E-state index contributed by atoms with van der Waals surface area (Å²) >= 11 is 0. The van der Waals surface area contributed by atoms with Crippen LogP contribution in [0, 0.1) is 6.92 Å². The van der Waals surface area contributed by atoms with Crippen molar-refractivity contribution in [3.05, 3.63) is 266 Å². The van der Waals surface area contributed by atoms with E-state index in [9.17, 15) is 0 Å². The molecule has 0 fully saturated rings. The van der Waals surface area contributed by atoms with Crippen molar-refractivity contribution in [2.24, 2.45) is 0 Å². The number of aromatic nitrogens is 6. The van der Waals surface area contributed by atoms with Gasteiger partial charge in [-0.15, -0.1) is 0 Å². The molecule has 0 aliphatic carbocycles. The Balaban J connectivity index is 1.03. The van der Waals surface area contributed by atoms with Gasteiger partial charge in [0.25, 0.3) is 0 Å². The number of fused-ring (bicyclic) bond motifs is 14. The Bertz CT molecular complexity index is 4950. The lowest BCUT2D eigenvalue weighted by atomic mass is 9.98. The van der Waals surface area contributed by atoms with Crippen LogP contribution >= 0.6 is 0 Å². The smallest absolute Gasteiger partial charge is 0.160 e. The van der Waals surface area contributed by atoms with Crippen molar-refractivity contribution in [2.45, 2.75) is 6.92 Å². The number of hydrogen-bond acceptors (Lipinski definition) is 2. The standard InChI is InChI=1S/C71H46N6/c1-45-42-64-68(66-54(34-21-37-62(66)74(64)48-26-11-4-12-27-48)58-44-57(46-22-7-2-8-23-46)72-71(73-58)47-24-9-3-10-25-47)70-65(45)56-43-51(38-40-61(56)77(70)50-30-15-6-16-31-50)75-60-36-20-18-33-55(60)67-63(75)41-39-53-52-32-17-19-35-59(52)76(69(53)67)49-28-13-5-14-29-49/h2-44H,1H3. The second-order valence-electron chi connectivity index (χ2n) is 20.1. The zero-order chi connectivity index (χ0) is 50.7. The lowest BCUT2D eigenvalue weighted by Crippen LogP contribution is -1.97. The first-order valence-corrected chi connectivity index (χ1v) is 26.3.